The van der Waals surface area contributed by atoms with Crippen LogP contribution >= 0.6 is 11.6 Å². The van der Waals surface area contributed by atoms with Crippen LogP contribution in [-0.2, 0) is 16.6 Å². The molecule has 0 radical (unpaired) electrons. The molecule has 0 aliphatic carbocycles. The number of rotatable bonds is 5. The zero-order chi connectivity index (χ0) is 16.4. The van der Waals surface area contributed by atoms with E-state index in [0.29, 0.717) is 0 Å². The fourth-order valence-electron chi connectivity index (χ4n) is 1.70. The van der Waals surface area contributed by atoms with Gasteiger partial charge < -0.3 is 10.5 Å². The molecule has 0 aliphatic rings. The van der Waals surface area contributed by atoms with E-state index in [1.54, 1.807) is 0 Å². The highest BCUT2D eigenvalue weighted by atomic mass is 35.5. The molecule has 10 heteroatoms. The minimum atomic E-state index is -4.66. The van der Waals surface area contributed by atoms with E-state index in [0.717, 1.165) is 13.1 Å². The lowest BCUT2D eigenvalue weighted by Gasteiger charge is -2.21. The van der Waals surface area contributed by atoms with E-state index in [2.05, 4.69) is 0 Å². The molecular formula is C11H14ClF3N2O3S. The number of hydrogen-bond acceptors (Lipinski definition) is 4. The van der Waals surface area contributed by atoms with Gasteiger partial charge in [-0.25, -0.2) is 8.42 Å². The third-order valence-corrected chi connectivity index (χ3v) is 4.64. The number of benzene rings is 1. The number of nitrogens with zero attached hydrogens (tertiary/aromatic N) is 1. The second-order valence-corrected chi connectivity index (χ2v) is 6.63. The largest absolute Gasteiger partial charge is 0.495 e. The zero-order valence-electron chi connectivity index (χ0n) is 11.2. The molecule has 0 atom stereocenters. The average Bonchev–Trinajstić information content (AvgIpc) is 2.35. The minimum absolute atomic E-state index is 0.0373. The number of alkyl halides is 3. The van der Waals surface area contributed by atoms with Crippen LogP contribution in [-0.4, -0.2) is 39.6 Å². The number of hydrogen-bond donors (Lipinski definition) is 1. The summed E-state index contributed by atoms with van der Waals surface area (Å²) in [6, 6.07) is 2.42. The lowest BCUT2D eigenvalue weighted by Crippen LogP contribution is -2.36. The Labute approximate surface area is 125 Å². The molecule has 0 saturated carbocycles. The van der Waals surface area contributed by atoms with Crippen molar-refractivity contribution in [2.24, 2.45) is 5.73 Å². The maximum absolute atomic E-state index is 12.4. The zero-order valence-corrected chi connectivity index (χ0v) is 12.8. The van der Waals surface area contributed by atoms with Crippen LogP contribution in [0.5, 0.6) is 5.75 Å². The monoisotopic (exact) mass is 346 g/mol. The number of ether oxygens (including phenoxy) is 1. The van der Waals surface area contributed by atoms with E-state index in [9.17, 15) is 21.6 Å². The molecule has 0 saturated heterocycles. The number of nitrogens with two attached hydrogens (primary N) is 1. The quantitative estimate of drug-likeness (QED) is 0.885. The highest BCUT2D eigenvalue weighted by Gasteiger charge is 2.36. The van der Waals surface area contributed by atoms with Gasteiger partial charge in [0, 0.05) is 24.2 Å². The molecule has 1 rings (SSSR count). The number of methoxy groups -OCH3 is 1. The summed E-state index contributed by atoms with van der Waals surface area (Å²) in [5.74, 6) is -0.115. The summed E-state index contributed by atoms with van der Waals surface area (Å²) >= 11 is 5.79. The maximum Gasteiger partial charge on any atom is 0.402 e. The van der Waals surface area contributed by atoms with Crippen LogP contribution in [0.1, 0.15) is 5.56 Å². The molecule has 120 valence electrons. The van der Waals surface area contributed by atoms with Gasteiger partial charge in [-0.1, -0.05) is 11.6 Å². The van der Waals surface area contributed by atoms with E-state index >= 15 is 0 Å². The summed E-state index contributed by atoms with van der Waals surface area (Å²) in [6.45, 7) is -1.70. The first-order valence-electron chi connectivity index (χ1n) is 5.62. The number of sulfonamides is 1. The van der Waals surface area contributed by atoms with Crippen LogP contribution in [0.4, 0.5) is 13.2 Å². The molecule has 21 heavy (non-hydrogen) atoms. The summed E-state index contributed by atoms with van der Waals surface area (Å²) in [5, 5.41) is 0.0373. The van der Waals surface area contributed by atoms with Gasteiger partial charge in [-0.2, -0.15) is 17.5 Å². The first kappa shape index (κ1) is 18.0. The second-order valence-electron chi connectivity index (χ2n) is 4.18. The Bertz CT molecular complexity index is 620. The van der Waals surface area contributed by atoms with Crippen molar-refractivity contribution in [3.63, 3.8) is 0 Å². The molecule has 0 aliphatic heterocycles. The third-order valence-electron chi connectivity index (χ3n) is 2.61. The van der Waals surface area contributed by atoms with Gasteiger partial charge >= 0.3 is 6.18 Å². The van der Waals surface area contributed by atoms with Crippen LogP contribution < -0.4 is 10.5 Å². The highest BCUT2D eigenvalue weighted by molar-refractivity contribution is 7.89. The molecule has 0 fully saturated rings. The van der Waals surface area contributed by atoms with Crippen LogP contribution in [0, 0.1) is 0 Å². The molecule has 1 aromatic rings. The Balaban J connectivity index is 3.40. The van der Waals surface area contributed by atoms with Crippen LogP contribution in [0.25, 0.3) is 0 Å². The smallest absolute Gasteiger partial charge is 0.402 e. The SMILES string of the molecule is COc1c(CN)cc(Cl)cc1S(=O)(=O)N(C)CC(F)(F)F. The van der Waals surface area contributed by atoms with Gasteiger partial charge in [0.15, 0.2) is 0 Å². The molecule has 2 N–H and O–H groups in total. The van der Waals surface area contributed by atoms with Crippen molar-refractivity contribution < 1.29 is 26.3 Å². The molecule has 0 spiro atoms. The van der Waals surface area contributed by atoms with Gasteiger partial charge in [-0.15, -0.1) is 0 Å². The van der Waals surface area contributed by atoms with Crippen molar-refractivity contribution in [2.75, 3.05) is 20.7 Å². The second kappa shape index (κ2) is 6.39. The lowest BCUT2D eigenvalue weighted by atomic mass is 10.2. The van der Waals surface area contributed by atoms with Crippen molar-refractivity contribution >= 4 is 21.6 Å². The molecule has 0 amide bonds. The third kappa shape index (κ3) is 4.22. The molecule has 0 aromatic heterocycles. The summed E-state index contributed by atoms with van der Waals surface area (Å²) in [7, 11) is -2.40. The summed E-state index contributed by atoms with van der Waals surface area (Å²) in [5.41, 5.74) is 5.74. The Morgan fingerprint density at radius 2 is 1.95 bits per heavy atom. The first-order valence-corrected chi connectivity index (χ1v) is 7.44. The van der Waals surface area contributed by atoms with E-state index in [4.69, 9.17) is 22.1 Å². The summed E-state index contributed by atoms with van der Waals surface area (Å²) in [6.07, 6.45) is -4.66. The predicted octanol–water partition coefficient (Wildman–Crippen LogP) is 1.99. The van der Waals surface area contributed by atoms with E-state index in [1.807, 2.05) is 0 Å². The Morgan fingerprint density at radius 1 is 1.38 bits per heavy atom. The van der Waals surface area contributed by atoms with Gasteiger partial charge in [0.25, 0.3) is 0 Å². The first-order chi connectivity index (χ1) is 9.52. The lowest BCUT2D eigenvalue weighted by molar-refractivity contribution is -0.134. The Hall–Kier alpha value is -1.03. The van der Waals surface area contributed by atoms with Crippen molar-refractivity contribution in [3.8, 4) is 5.75 Å². The fourth-order valence-corrected chi connectivity index (χ4v) is 3.39. The Kier molecular flexibility index (Phi) is 5.48. The topological polar surface area (TPSA) is 72.6 Å². The average molecular weight is 347 g/mol. The van der Waals surface area contributed by atoms with Crippen molar-refractivity contribution in [3.05, 3.63) is 22.7 Å². The fraction of sp³-hybridized carbons (Fsp3) is 0.455. The van der Waals surface area contributed by atoms with Crippen molar-refractivity contribution in [1.82, 2.24) is 4.31 Å². The standard InChI is InChI=1S/C11H14ClF3N2O3S/c1-17(6-11(13,14)15)21(18,19)9-4-8(12)3-7(5-16)10(9)20-2/h3-4H,5-6,16H2,1-2H3. The van der Waals surface area contributed by atoms with Gasteiger partial charge in [-0.3, -0.25) is 0 Å². The number of halogens is 4. The molecule has 0 unspecified atom stereocenters. The summed E-state index contributed by atoms with van der Waals surface area (Å²) < 4.78 is 66.8. The molecular weight excluding hydrogens is 333 g/mol. The Morgan fingerprint density at radius 3 is 2.38 bits per heavy atom. The van der Waals surface area contributed by atoms with Gasteiger partial charge in [0.1, 0.15) is 17.2 Å². The maximum atomic E-state index is 12.4. The highest BCUT2D eigenvalue weighted by Crippen LogP contribution is 2.34. The predicted molar refractivity (Wildman–Crippen MR) is 71.8 cm³/mol. The van der Waals surface area contributed by atoms with Crippen LogP contribution in [0.2, 0.25) is 5.02 Å². The molecule has 0 heterocycles. The van der Waals surface area contributed by atoms with Gasteiger partial charge in [0.05, 0.1) is 7.11 Å². The minimum Gasteiger partial charge on any atom is -0.495 e. The van der Waals surface area contributed by atoms with Crippen LogP contribution in [0.15, 0.2) is 17.0 Å². The van der Waals surface area contributed by atoms with Crippen molar-refractivity contribution in [1.29, 1.82) is 0 Å². The van der Waals surface area contributed by atoms with E-state index < -0.39 is 27.6 Å². The van der Waals surface area contributed by atoms with Crippen molar-refractivity contribution in [2.45, 2.75) is 17.6 Å². The molecule has 5 nitrogen and oxygen atoms in total. The summed E-state index contributed by atoms with van der Waals surface area (Å²) in [4.78, 5) is -0.454. The van der Waals surface area contributed by atoms with Gasteiger partial charge in [-0.05, 0) is 12.1 Å². The molecule has 1 aromatic carbocycles. The van der Waals surface area contributed by atoms with Gasteiger partial charge in [0.2, 0.25) is 10.0 Å². The van der Waals surface area contributed by atoms with Crippen LogP contribution in [0.3, 0.4) is 0 Å². The van der Waals surface area contributed by atoms with E-state index in [-0.39, 0.29) is 27.2 Å². The normalized spacial score (nSPS) is 12.8. The van der Waals surface area contributed by atoms with E-state index in [1.165, 1.54) is 13.2 Å². The molecule has 0 bridgehead atoms.